The SMILES string of the molecule is Cc1cc(C(N)=O)ccc1CNCC(C)N1CCCC1. The van der Waals surface area contributed by atoms with E-state index in [1.165, 1.54) is 31.5 Å². The third-order valence-corrected chi connectivity index (χ3v) is 4.15. The molecule has 0 aliphatic carbocycles. The third kappa shape index (κ3) is 3.81. The molecule has 3 N–H and O–H groups in total. The molecule has 4 nitrogen and oxygen atoms in total. The van der Waals surface area contributed by atoms with Gasteiger partial charge in [-0.3, -0.25) is 9.69 Å². The Bertz CT molecular complexity index is 467. The molecular weight excluding hydrogens is 250 g/mol. The first-order valence-corrected chi connectivity index (χ1v) is 7.42. The second-order valence-electron chi connectivity index (χ2n) is 5.73. The lowest BCUT2D eigenvalue weighted by Crippen LogP contribution is -2.38. The van der Waals surface area contributed by atoms with Gasteiger partial charge < -0.3 is 11.1 Å². The minimum Gasteiger partial charge on any atom is -0.366 e. The first-order chi connectivity index (χ1) is 9.58. The number of amides is 1. The predicted octanol–water partition coefficient (Wildman–Crippen LogP) is 1.67. The van der Waals surface area contributed by atoms with E-state index in [-0.39, 0.29) is 5.91 Å². The number of rotatable bonds is 6. The van der Waals surface area contributed by atoms with Crippen molar-refractivity contribution in [3.63, 3.8) is 0 Å². The number of primary amides is 1. The largest absolute Gasteiger partial charge is 0.366 e. The summed E-state index contributed by atoms with van der Waals surface area (Å²) in [6.45, 7) is 8.60. The van der Waals surface area contributed by atoms with Crippen LogP contribution in [0.5, 0.6) is 0 Å². The van der Waals surface area contributed by atoms with Crippen LogP contribution in [0.1, 0.15) is 41.3 Å². The van der Waals surface area contributed by atoms with Crippen LogP contribution >= 0.6 is 0 Å². The van der Waals surface area contributed by atoms with Crippen LogP contribution in [0.3, 0.4) is 0 Å². The molecule has 0 radical (unpaired) electrons. The number of hydrogen-bond acceptors (Lipinski definition) is 3. The minimum absolute atomic E-state index is 0.365. The number of likely N-dealkylation sites (tertiary alicyclic amines) is 1. The first-order valence-electron chi connectivity index (χ1n) is 7.42. The summed E-state index contributed by atoms with van der Waals surface area (Å²) < 4.78 is 0. The van der Waals surface area contributed by atoms with E-state index in [2.05, 4.69) is 17.1 Å². The predicted molar refractivity (Wildman–Crippen MR) is 81.7 cm³/mol. The van der Waals surface area contributed by atoms with Crippen LogP contribution in [-0.2, 0) is 6.54 Å². The molecule has 20 heavy (non-hydrogen) atoms. The summed E-state index contributed by atoms with van der Waals surface area (Å²) >= 11 is 0. The van der Waals surface area contributed by atoms with E-state index in [1.807, 2.05) is 19.1 Å². The van der Waals surface area contributed by atoms with Gasteiger partial charge in [0.1, 0.15) is 0 Å². The highest BCUT2D eigenvalue weighted by molar-refractivity contribution is 5.93. The fraction of sp³-hybridized carbons (Fsp3) is 0.562. The van der Waals surface area contributed by atoms with Gasteiger partial charge in [0, 0.05) is 24.7 Å². The molecule has 1 heterocycles. The van der Waals surface area contributed by atoms with Crippen LogP contribution in [0.2, 0.25) is 0 Å². The summed E-state index contributed by atoms with van der Waals surface area (Å²) in [4.78, 5) is 13.7. The number of carbonyl (C=O) groups excluding carboxylic acids is 1. The van der Waals surface area contributed by atoms with Crippen LogP contribution in [0.25, 0.3) is 0 Å². The van der Waals surface area contributed by atoms with Crippen LogP contribution < -0.4 is 11.1 Å². The molecule has 0 bridgehead atoms. The normalized spacial score (nSPS) is 17.3. The van der Waals surface area contributed by atoms with Crippen molar-refractivity contribution < 1.29 is 4.79 Å². The van der Waals surface area contributed by atoms with Gasteiger partial charge in [-0.25, -0.2) is 0 Å². The molecule has 1 aliphatic rings. The molecule has 1 aliphatic heterocycles. The summed E-state index contributed by atoms with van der Waals surface area (Å²) in [5.41, 5.74) is 8.20. The van der Waals surface area contributed by atoms with Crippen LogP contribution in [0.15, 0.2) is 18.2 Å². The van der Waals surface area contributed by atoms with Crippen LogP contribution in [0, 0.1) is 6.92 Å². The topological polar surface area (TPSA) is 58.4 Å². The van der Waals surface area contributed by atoms with Gasteiger partial charge in [0.2, 0.25) is 5.91 Å². The molecule has 2 rings (SSSR count). The van der Waals surface area contributed by atoms with Gasteiger partial charge in [0.25, 0.3) is 0 Å². The smallest absolute Gasteiger partial charge is 0.248 e. The van der Waals surface area contributed by atoms with Crippen molar-refractivity contribution in [2.75, 3.05) is 19.6 Å². The zero-order valence-corrected chi connectivity index (χ0v) is 12.5. The third-order valence-electron chi connectivity index (χ3n) is 4.15. The zero-order chi connectivity index (χ0) is 14.5. The molecule has 0 saturated carbocycles. The van der Waals surface area contributed by atoms with E-state index < -0.39 is 0 Å². The monoisotopic (exact) mass is 275 g/mol. The molecule has 1 aromatic rings. The molecule has 1 aromatic carbocycles. The van der Waals surface area contributed by atoms with E-state index in [1.54, 1.807) is 6.07 Å². The Morgan fingerprint density at radius 1 is 1.40 bits per heavy atom. The lowest BCUT2D eigenvalue weighted by atomic mass is 10.0. The Kier molecular flexibility index (Phi) is 5.15. The number of hydrogen-bond donors (Lipinski definition) is 2. The molecule has 1 atom stereocenters. The summed E-state index contributed by atoms with van der Waals surface area (Å²) in [5, 5.41) is 3.51. The van der Waals surface area contributed by atoms with Crippen LogP contribution in [-0.4, -0.2) is 36.5 Å². The number of carbonyl (C=O) groups is 1. The lowest BCUT2D eigenvalue weighted by molar-refractivity contribution is 0.1000. The van der Waals surface area contributed by atoms with Gasteiger partial charge in [-0.05, 0) is 63.0 Å². The highest BCUT2D eigenvalue weighted by Crippen LogP contribution is 2.12. The quantitative estimate of drug-likeness (QED) is 0.830. The van der Waals surface area contributed by atoms with Gasteiger partial charge in [0.15, 0.2) is 0 Å². The van der Waals surface area contributed by atoms with Gasteiger partial charge >= 0.3 is 0 Å². The Labute approximate surface area is 121 Å². The number of aryl methyl sites for hydroxylation is 1. The van der Waals surface area contributed by atoms with Crippen molar-refractivity contribution in [3.05, 3.63) is 34.9 Å². The number of benzene rings is 1. The van der Waals surface area contributed by atoms with E-state index in [4.69, 9.17) is 5.73 Å². The maximum atomic E-state index is 11.1. The molecule has 1 unspecified atom stereocenters. The van der Waals surface area contributed by atoms with Crippen LogP contribution in [0.4, 0.5) is 0 Å². The van der Waals surface area contributed by atoms with Gasteiger partial charge in [-0.2, -0.15) is 0 Å². The van der Waals surface area contributed by atoms with Gasteiger partial charge in [-0.15, -0.1) is 0 Å². The van der Waals surface area contributed by atoms with E-state index in [0.29, 0.717) is 11.6 Å². The van der Waals surface area contributed by atoms with E-state index in [0.717, 1.165) is 18.7 Å². The molecule has 1 amide bonds. The molecule has 110 valence electrons. The maximum absolute atomic E-state index is 11.1. The minimum atomic E-state index is -0.365. The Hall–Kier alpha value is -1.39. The van der Waals surface area contributed by atoms with Crippen molar-refractivity contribution in [3.8, 4) is 0 Å². The standard InChI is InChI=1S/C16H25N3O/c1-12-9-14(16(17)20)5-6-15(12)11-18-10-13(2)19-7-3-4-8-19/h5-6,9,13,18H,3-4,7-8,10-11H2,1-2H3,(H2,17,20). The fourth-order valence-electron chi connectivity index (χ4n) is 2.77. The van der Waals surface area contributed by atoms with E-state index >= 15 is 0 Å². The second kappa shape index (κ2) is 6.86. The second-order valence-corrected chi connectivity index (χ2v) is 5.73. The highest BCUT2D eigenvalue weighted by Gasteiger charge is 2.17. The summed E-state index contributed by atoms with van der Waals surface area (Å²) in [6, 6.07) is 6.24. The Morgan fingerprint density at radius 3 is 2.70 bits per heavy atom. The zero-order valence-electron chi connectivity index (χ0n) is 12.5. The van der Waals surface area contributed by atoms with E-state index in [9.17, 15) is 4.79 Å². The Balaban J connectivity index is 1.83. The highest BCUT2D eigenvalue weighted by atomic mass is 16.1. The summed E-state index contributed by atoms with van der Waals surface area (Å²) in [5.74, 6) is -0.365. The Morgan fingerprint density at radius 2 is 2.10 bits per heavy atom. The van der Waals surface area contributed by atoms with Crippen molar-refractivity contribution in [2.24, 2.45) is 5.73 Å². The van der Waals surface area contributed by atoms with Gasteiger partial charge in [-0.1, -0.05) is 6.07 Å². The van der Waals surface area contributed by atoms with Crippen molar-refractivity contribution in [2.45, 2.75) is 39.3 Å². The van der Waals surface area contributed by atoms with Crippen molar-refractivity contribution in [1.29, 1.82) is 0 Å². The average Bonchev–Trinajstić information content (AvgIpc) is 2.94. The number of nitrogens with one attached hydrogen (secondary N) is 1. The summed E-state index contributed by atoms with van der Waals surface area (Å²) in [7, 11) is 0. The maximum Gasteiger partial charge on any atom is 0.248 e. The molecule has 0 aromatic heterocycles. The molecular formula is C16H25N3O. The first kappa shape index (κ1) is 15.0. The van der Waals surface area contributed by atoms with Crippen molar-refractivity contribution in [1.82, 2.24) is 10.2 Å². The molecule has 0 spiro atoms. The van der Waals surface area contributed by atoms with Crippen molar-refractivity contribution >= 4 is 5.91 Å². The summed E-state index contributed by atoms with van der Waals surface area (Å²) in [6.07, 6.45) is 2.66. The average molecular weight is 275 g/mol. The van der Waals surface area contributed by atoms with Gasteiger partial charge in [0.05, 0.1) is 0 Å². The molecule has 1 fully saturated rings. The number of nitrogens with two attached hydrogens (primary N) is 1. The fourth-order valence-corrected chi connectivity index (χ4v) is 2.77. The molecule has 1 saturated heterocycles. The molecule has 4 heteroatoms. The number of nitrogens with zero attached hydrogens (tertiary/aromatic N) is 1. The lowest BCUT2D eigenvalue weighted by Gasteiger charge is -2.24.